The van der Waals surface area contributed by atoms with E-state index in [-0.39, 0.29) is 12.5 Å². The number of carbonyl (C=O) groups excluding carboxylic acids is 1. The molecule has 0 unspecified atom stereocenters. The maximum atomic E-state index is 12.1. The SMILES string of the molecule is Cc1ccc(NC(=O)COc2cccc(CNc3cc(Cl)cc(Cl)c3)c2)cc1. The van der Waals surface area contributed by atoms with E-state index in [1.54, 1.807) is 6.07 Å². The van der Waals surface area contributed by atoms with E-state index in [1.165, 1.54) is 0 Å². The molecule has 144 valence electrons. The molecule has 0 aliphatic carbocycles. The van der Waals surface area contributed by atoms with E-state index < -0.39 is 0 Å². The number of amides is 1. The van der Waals surface area contributed by atoms with Crippen LogP contribution in [0.1, 0.15) is 11.1 Å². The van der Waals surface area contributed by atoms with E-state index in [4.69, 9.17) is 27.9 Å². The Morgan fingerprint density at radius 3 is 2.36 bits per heavy atom. The maximum Gasteiger partial charge on any atom is 0.262 e. The Labute approximate surface area is 174 Å². The van der Waals surface area contributed by atoms with Crippen molar-refractivity contribution in [2.24, 2.45) is 0 Å². The maximum absolute atomic E-state index is 12.1. The molecule has 3 aromatic carbocycles. The highest BCUT2D eigenvalue weighted by Crippen LogP contribution is 2.23. The van der Waals surface area contributed by atoms with Gasteiger partial charge in [-0.1, -0.05) is 53.0 Å². The Kier molecular flexibility index (Phi) is 6.80. The summed E-state index contributed by atoms with van der Waals surface area (Å²) in [6.45, 7) is 2.51. The topological polar surface area (TPSA) is 50.4 Å². The van der Waals surface area contributed by atoms with Gasteiger partial charge in [-0.25, -0.2) is 0 Å². The number of hydrogen-bond donors (Lipinski definition) is 2. The first-order valence-corrected chi connectivity index (χ1v) is 9.52. The minimum atomic E-state index is -0.207. The molecule has 0 saturated carbocycles. The highest BCUT2D eigenvalue weighted by Gasteiger charge is 2.05. The fourth-order valence-corrected chi connectivity index (χ4v) is 3.11. The molecule has 0 aliphatic rings. The van der Waals surface area contributed by atoms with E-state index in [0.717, 1.165) is 22.5 Å². The Morgan fingerprint density at radius 2 is 1.64 bits per heavy atom. The van der Waals surface area contributed by atoms with Crippen LogP contribution in [0.15, 0.2) is 66.7 Å². The lowest BCUT2D eigenvalue weighted by molar-refractivity contribution is -0.118. The molecule has 3 aromatic rings. The molecule has 2 N–H and O–H groups in total. The lowest BCUT2D eigenvalue weighted by Crippen LogP contribution is -2.20. The summed E-state index contributed by atoms with van der Waals surface area (Å²) in [5.74, 6) is 0.420. The second-order valence-corrected chi connectivity index (χ2v) is 7.23. The van der Waals surface area contributed by atoms with Crippen LogP contribution in [-0.2, 0) is 11.3 Å². The van der Waals surface area contributed by atoms with Gasteiger partial charge in [-0.05, 0) is 55.0 Å². The van der Waals surface area contributed by atoms with Crippen molar-refractivity contribution in [1.82, 2.24) is 0 Å². The zero-order valence-corrected chi connectivity index (χ0v) is 16.8. The zero-order chi connectivity index (χ0) is 19.9. The number of ether oxygens (including phenoxy) is 1. The number of aryl methyl sites for hydroxylation is 1. The largest absolute Gasteiger partial charge is 0.484 e. The number of hydrogen-bond acceptors (Lipinski definition) is 3. The minimum absolute atomic E-state index is 0.0609. The molecule has 0 radical (unpaired) electrons. The molecule has 0 bridgehead atoms. The van der Waals surface area contributed by atoms with Crippen LogP contribution in [0.4, 0.5) is 11.4 Å². The summed E-state index contributed by atoms with van der Waals surface area (Å²) in [5, 5.41) is 7.23. The third-order valence-corrected chi connectivity index (χ3v) is 4.40. The fourth-order valence-electron chi connectivity index (χ4n) is 2.59. The smallest absolute Gasteiger partial charge is 0.262 e. The molecule has 6 heteroatoms. The van der Waals surface area contributed by atoms with E-state index in [1.807, 2.05) is 67.6 Å². The molecule has 0 spiro atoms. The normalized spacial score (nSPS) is 10.4. The van der Waals surface area contributed by atoms with Gasteiger partial charge in [0.05, 0.1) is 0 Å². The average molecular weight is 415 g/mol. The van der Waals surface area contributed by atoms with Gasteiger partial charge in [-0.2, -0.15) is 0 Å². The molecule has 0 atom stereocenters. The number of anilines is 2. The summed E-state index contributed by atoms with van der Waals surface area (Å²) in [5.41, 5.74) is 3.73. The molecule has 1 amide bonds. The summed E-state index contributed by atoms with van der Waals surface area (Å²) in [4.78, 5) is 12.1. The summed E-state index contributed by atoms with van der Waals surface area (Å²) >= 11 is 12.0. The van der Waals surface area contributed by atoms with Gasteiger partial charge in [0.25, 0.3) is 5.91 Å². The molecule has 0 aliphatic heterocycles. The molecule has 0 saturated heterocycles. The summed E-state index contributed by atoms with van der Waals surface area (Å²) in [7, 11) is 0. The van der Waals surface area contributed by atoms with Crippen LogP contribution in [0.25, 0.3) is 0 Å². The zero-order valence-electron chi connectivity index (χ0n) is 15.3. The van der Waals surface area contributed by atoms with Crippen molar-refractivity contribution in [2.75, 3.05) is 17.2 Å². The molecule has 4 nitrogen and oxygen atoms in total. The van der Waals surface area contributed by atoms with Crippen LogP contribution in [0.3, 0.4) is 0 Å². The molecule has 28 heavy (non-hydrogen) atoms. The Balaban J connectivity index is 1.52. The number of rotatable bonds is 7. The molecular weight excluding hydrogens is 395 g/mol. The third-order valence-electron chi connectivity index (χ3n) is 3.96. The van der Waals surface area contributed by atoms with E-state index in [2.05, 4.69) is 10.6 Å². The predicted molar refractivity (Wildman–Crippen MR) is 116 cm³/mol. The van der Waals surface area contributed by atoms with Crippen molar-refractivity contribution >= 4 is 40.5 Å². The van der Waals surface area contributed by atoms with Crippen LogP contribution in [0.5, 0.6) is 5.75 Å². The monoisotopic (exact) mass is 414 g/mol. The number of halogens is 2. The molecule has 3 rings (SSSR count). The first-order chi connectivity index (χ1) is 13.5. The van der Waals surface area contributed by atoms with Crippen LogP contribution in [-0.4, -0.2) is 12.5 Å². The van der Waals surface area contributed by atoms with E-state index in [0.29, 0.717) is 22.3 Å². The van der Waals surface area contributed by atoms with E-state index in [9.17, 15) is 4.79 Å². The Hall–Kier alpha value is -2.69. The number of nitrogens with one attached hydrogen (secondary N) is 2. The van der Waals surface area contributed by atoms with Crippen molar-refractivity contribution < 1.29 is 9.53 Å². The highest BCUT2D eigenvalue weighted by atomic mass is 35.5. The average Bonchev–Trinajstić information content (AvgIpc) is 2.66. The Bertz CT molecular complexity index is 939. The van der Waals surface area contributed by atoms with Crippen LogP contribution in [0.2, 0.25) is 10.0 Å². The highest BCUT2D eigenvalue weighted by molar-refractivity contribution is 6.35. The minimum Gasteiger partial charge on any atom is -0.484 e. The van der Waals surface area contributed by atoms with Crippen LogP contribution < -0.4 is 15.4 Å². The molecule has 0 heterocycles. The van der Waals surface area contributed by atoms with Gasteiger partial charge in [-0.3, -0.25) is 4.79 Å². The second-order valence-electron chi connectivity index (χ2n) is 6.36. The summed E-state index contributed by atoms with van der Waals surface area (Å²) in [6.07, 6.45) is 0. The predicted octanol–water partition coefficient (Wildman–Crippen LogP) is 5.93. The lowest BCUT2D eigenvalue weighted by Gasteiger charge is -2.11. The standard InChI is InChI=1S/C22H20Cl2N2O2/c1-15-5-7-19(8-6-15)26-22(27)14-28-21-4-2-3-16(9-21)13-25-20-11-17(23)10-18(24)12-20/h2-12,25H,13-14H2,1H3,(H,26,27). The van der Waals surface area contributed by atoms with Gasteiger partial charge in [0, 0.05) is 28.0 Å². The van der Waals surface area contributed by atoms with Crippen molar-refractivity contribution in [3.05, 3.63) is 87.9 Å². The lowest BCUT2D eigenvalue weighted by atomic mass is 10.2. The van der Waals surface area contributed by atoms with Crippen molar-refractivity contribution in [1.29, 1.82) is 0 Å². The van der Waals surface area contributed by atoms with Crippen molar-refractivity contribution in [3.8, 4) is 5.75 Å². The van der Waals surface area contributed by atoms with Gasteiger partial charge < -0.3 is 15.4 Å². The first-order valence-electron chi connectivity index (χ1n) is 8.76. The number of benzene rings is 3. The van der Waals surface area contributed by atoms with Crippen LogP contribution >= 0.6 is 23.2 Å². The molecular formula is C22H20Cl2N2O2. The summed E-state index contributed by atoms with van der Waals surface area (Å²) < 4.78 is 5.61. The molecule has 0 aromatic heterocycles. The second kappa shape index (κ2) is 9.49. The Morgan fingerprint density at radius 1 is 0.929 bits per heavy atom. The van der Waals surface area contributed by atoms with Crippen LogP contribution in [0, 0.1) is 6.92 Å². The fraction of sp³-hybridized carbons (Fsp3) is 0.136. The van der Waals surface area contributed by atoms with Gasteiger partial charge in [-0.15, -0.1) is 0 Å². The van der Waals surface area contributed by atoms with Gasteiger partial charge in [0.15, 0.2) is 6.61 Å². The number of carbonyl (C=O) groups is 1. The van der Waals surface area contributed by atoms with Gasteiger partial charge in [0.2, 0.25) is 0 Å². The van der Waals surface area contributed by atoms with Crippen molar-refractivity contribution in [2.45, 2.75) is 13.5 Å². The molecule has 0 fully saturated rings. The summed E-state index contributed by atoms with van der Waals surface area (Å²) in [6, 6.07) is 20.5. The third kappa shape index (κ3) is 6.19. The van der Waals surface area contributed by atoms with E-state index >= 15 is 0 Å². The van der Waals surface area contributed by atoms with Gasteiger partial charge >= 0.3 is 0 Å². The van der Waals surface area contributed by atoms with Crippen molar-refractivity contribution in [3.63, 3.8) is 0 Å². The quantitative estimate of drug-likeness (QED) is 0.503. The first kappa shape index (κ1) is 20.1. The van der Waals surface area contributed by atoms with Gasteiger partial charge in [0.1, 0.15) is 5.75 Å².